The molecule has 0 bridgehead atoms. The first-order valence-corrected chi connectivity index (χ1v) is 7.00. The summed E-state index contributed by atoms with van der Waals surface area (Å²) >= 11 is 0. The highest BCUT2D eigenvalue weighted by Crippen LogP contribution is 2.27. The lowest BCUT2D eigenvalue weighted by molar-refractivity contribution is -0.122. The fraction of sp³-hybridized carbons (Fsp3) is 0.235. The summed E-state index contributed by atoms with van der Waals surface area (Å²) in [6.45, 7) is 1.82. The van der Waals surface area contributed by atoms with Crippen LogP contribution in [-0.2, 0) is 4.79 Å². The van der Waals surface area contributed by atoms with E-state index in [9.17, 15) is 9.18 Å². The van der Waals surface area contributed by atoms with Crippen LogP contribution < -0.4 is 14.8 Å². The van der Waals surface area contributed by atoms with Crippen LogP contribution in [0.2, 0.25) is 0 Å². The fourth-order valence-electron chi connectivity index (χ4n) is 1.97. The van der Waals surface area contributed by atoms with E-state index in [4.69, 9.17) is 9.47 Å². The van der Waals surface area contributed by atoms with Crippen molar-refractivity contribution in [2.24, 2.45) is 0 Å². The molecule has 0 aliphatic heterocycles. The van der Waals surface area contributed by atoms with Gasteiger partial charge < -0.3 is 14.8 Å². The van der Waals surface area contributed by atoms with Crippen molar-refractivity contribution in [3.05, 3.63) is 54.3 Å². The lowest BCUT2D eigenvalue weighted by Crippen LogP contribution is -2.32. The number of amides is 1. The molecule has 1 amide bonds. The van der Waals surface area contributed by atoms with Gasteiger partial charge in [0.25, 0.3) is 5.91 Å². The van der Waals surface area contributed by atoms with Gasteiger partial charge in [-0.05, 0) is 30.7 Å². The maximum Gasteiger partial charge on any atom is 0.265 e. The van der Waals surface area contributed by atoms with Gasteiger partial charge >= 0.3 is 0 Å². The van der Waals surface area contributed by atoms with Crippen LogP contribution in [0.25, 0.3) is 0 Å². The van der Waals surface area contributed by atoms with Crippen molar-refractivity contribution in [1.29, 1.82) is 0 Å². The van der Waals surface area contributed by atoms with Gasteiger partial charge in [-0.25, -0.2) is 4.39 Å². The lowest BCUT2D eigenvalue weighted by atomic mass is 10.2. The van der Waals surface area contributed by atoms with Gasteiger partial charge in [0.15, 0.2) is 17.6 Å². The van der Waals surface area contributed by atoms with Gasteiger partial charge in [-0.15, -0.1) is 0 Å². The predicted octanol–water partition coefficient (Wildman–Crippen LogP) is 3.63. The van der Waals surface area contributed by atoms with E-state index in [0.717, 1.165) is 0 Å². The molecule has 4 nitrogen and oxygen atoms in total. The molecular formula is C17H18FNO3. The van der Waals surface area contributed by atoms with Crippen molar-refractivity contribution < 1.29 is 18.7 Å². The van der Waals surface area contributed by atoms with Crippen LogP contribution in [0.3, 0.4) is 0 Å². The molecule has 1 N–H and O–H groups in total. The molecule has 22 heavy (non-hydrogen) atoms. The number of carbonyl (C=O) groups excluding carboxylic acids is 1. The van der Waals surface area contributed by atoms with E-state index in [0.29, 0.717) is 17.9 Å². The molecule has 0 heterocycles. The highest BCUT2D eigenvalue weighted by atomic mass is 19.1. The molecule has 0 aromatic heterocycles. The molecular weight excluding hydrogens is 285 g/mol. The van der Waals surface area contributed by atoms with Crippen molar-refractivity contribution in [3.8, 4) is 11.5 Å². The molecule has 0 saturated carbocycles. The van der Waals surface area contributed by atoms with Crippen molar-refractivity contribution >= 4 is 11.6 Å². The molecule has 2 rings (SSSR count). The summed E-state index contributed by atoms with van der Waals surface area (Å²) in [4.78, 5) is 12.3. The summed E-state index contributed by atoms with van der Waals surface area (Å²) in [6, 6.07) is 13.1. The normalized spacial score (nSPS) is 11.6. The number of benzene rings is 2. The average molecular weight is 303 g/mol. The largest absolute Gasteiger partial charge is 0.493 e. The standard InChI is InChI=1S/C17H18FNO3/c1-3-14(22-16-11-7-6-10-15(16)21-2)17(20)19-13-9-5-4-8-12(13)18/h4-11,14H,3H2,1-2H3,(H,19,20). The molecule has 5 heteroatoms. The van der Waals surface area contributed by atoms with Crippen LogP contribution >= 0.6 is 0 Å². The lowest BCUT2D eigenvalue weighted by Gasteiger charge is -2.19. The van der Waals surface area contributed by atoms with Crippen LogP contribution in [0.5, 0.6) is 11.5 Å². The van der Waals surface area contributed by atoms with Gasteiger partial charge in [0.2, 0.25) is 0 Å². The Kier molecular flexibility index (Phi) is 5.36. The number of nitrogens with one attached hydrogen (secondary N) is 1. The van der Waals surface area contributed by atoms with E-state index < -0.39 is 17.8 Å². The van der Waals surface area contributed by atoms with E-state index in [1.165, 1.54) is 19.2 Å². The second-order valence-corrected chi connectivity index (χ2v) is 4.63. The number of carbonyl (C=O) groups is 1. The summed E-state index contributed by atoms with van der Waals surface area (Å²) < 4.78 is 24.5. The van der Waals surface area contributed by atoms with Crippen LogP contribution in [-0.4, -0.2) is 19.1 Å². The Morgan fingerprint density at radius 3 is 2.41 bits per heavy atom. The zero-order chi connectivity index (χ0) is 15.9. The summed E-state index contributed by atoms with van der Waals surface area (Å²) in [5.74, 6) is 0.127. The predicted molar refractivity (Wildman–Crippen MR) is 82.7 cm³/mol. The topological polar surface area (TPSA) is 47.6 Å². The first-order chi connectivity index (χ1) is 10.7. The molecule has 0 spiro atoms. The molecule has 0 saturated heterocycles. The maximum atomic E-state index is 13.6. The Morgan fingerprint density at radius 2 is 1.77 bits per heavy atom. The SMILES string of the molecule is CCC(Oc1ccccc1OC)C(=O)Nc1ccccc1F. The Labute approximate surface area is 128 Å². The van der Waals surface area contributed by atoms with Crippen molar-refractivity contribution in [2.45, 2.75) is 19.4 Å². The summed E-state index contributed by atoms with van der Waals surface area (Å²) in [5, 5.41) is 2.54. The summed E-state index contributed by atoms with van der Waals surface area (Å²) in [5.41, 5.74) is 0.134. The third-order valence-corrected chi connectivity index (χ3v) is 3.13. The number of hydrogen-bond acceptors (Lipinski definition) is 3. The van der Waals surface area contributed by atoms with E-state index in [1.54, 1.807) is 30.3 Å². The second kappa shape index (κ2) is 7.45. The molecule has 0 aliphatic carbocycles. The fourth-order valence-corrected chi connectivity index (χ4v) is 1.97. The zero-order valence-corrected chi connectivity index (χ0v) is 12.5. The number of hydrogen-bond donors (Lipinski definition) is 1. The number of anilines is 1. The third-order valence-electron chi connectivity index (χ3n) is 3.13. The average Bonchev–Trinajstić information content (AvgIpc) is 2.55. The molecule has 2 aromatic rings. The minimum absolute atomic E-state index is 0.134. The highest BCUT2D eigenvalue weighted by molar-refractivity contribution is 5.94. The molecule has 1 atom stereocenters. The van der Waals surface area contributed by atoms with Crippen LogP contribution in [0.1, 0.15) is 13.3 Å². The second-order valence-electron chi connectivity index (χ2n) is 4.63. The van der Waals surface area contributed by atoms with Crippen LogP contribution in [0.4, 0.5) is 10.1 Å². The van der Waals surface area contributed by atoms with Gasteiger partial charge in [-0.1, -0.05) is 31.2 Å². The number of methoxy groups -OCH3 is 1. The smallest absolute Gasteiger partial charge is 0.265 e. The number of para-hydroxylation sites is 3. The van der Waals surface area contributed by atoms with Gasteiger partial charge in [-0.3, -0.25) is 4.79 Å². The summed E-state index contributed by atoms with van der Waals surface area (Å²) in [7, 11) is 1.53. The highest BCUT2D eigenvalue weighted by Gasteiger charge is 2.21. The Bertz CT molecular complexity index is 645. The molecule has 0 fully saturated rings. The van der Waals surface area contributed by atoms with E-state index >= 15 is 0 Å². The minimum Gasteiger partial charge on any atom is -0.493 e. The van der Waals surface area contributed by atoms with E-state index in [2.05, 4.69) is 5.32 Å². The van der Waals surface area contributed by atoms with Crippen LogP contribution in [0, 0.1) is 5.82 Å². The Hall–Kier alpha value is -2.56. The number of ether oxygens (including phenoxy) is 2. The number of halogens is 1. The van der Waals surface area contributed by atoms with Gasteiger partial charge in [-0.2, -0.15) is 0 Å². The monoisotopic (exact) mass is 303 g/mol. The zero-order valence-electron chi connectivity index (χ0n) is 12.5. The Morgan fingerprint density at radius 1 is 1.14 bits per heavy atom. The van der Waals surface area contributed by atoms with Gasteiger partial charge in [0.05, 0.1) is 12.8 Å². The summed E-state index contributed by atoms with van der Waals surface area (Å²) in [6.07, 6.45) is -0.297. The van der Waals surface area contributed by atoms with Crippen molar-refractivity contribution in [1.82, 2.24) is 0 Å². The van der Waals surface area contributed by atoms with Gasteiger partial charge in [0.1, 0.15) is 5.82 Å². The number of rotatable bonds is 6. The first kappa shape index (κ1) is 15.8. The maximum absolute atomic E-state index is 13.6. The molecule has 0 radical (unpaired) electrons. The third kappa shape index (κ3) is 3.75. The van der Waals surface area contributed by atoms with E-state index in [-0.39, 0.29) is 5.69 Å². The quantitative estimate of drug-likeness (QED) is 0.886. The van der Waals surface area contributed by atoms with E-state index in [1.807, 2.05) is 13.0 Å². The molecule has 116 valence electrons. The molecule has 2 aromatic carbocycles. The molecule has 0 aliphatic rings. The van der Waals surface area contributed by atoms with Crippen molar-refractivity contribution in [2.75, 3.05) is 12.4 Å². The van der Waals surface area contributed by atoms with Crippen LogP contribution in [0.15, 0.2) is 48.5 Å². The minimum atomic E-state index is -0.740. The van der Waals surface area contributed by atoms with Gasteiger partial charge in [0, 0.05) is 0 Å². The molecule has 1 unspecified atom stereocenters. The Balaban J connectivity index is 2.11. The van der Waals surface area contributed by atoms with Crippen molar-refractivity contribution in [3.63, 3.8) is 0 Å². The first-order valence-electron chi connectivity index (χ1n) is 7.00.